The Morgan fingerprint density at radius 3 is 2.51 bits per heavy atom. The van der Waals surface area contributed by atoms with Gasteiger partial charge >= 0.3 is 0 Å². The van der Waals surface area contributed by atoms with Crippen LogP contribution in [0.15, 0.2) is 102 Å². The van der Waals surface area contributed by atoms with Crippen molar-refractivity contribution in [1.29, 1.82) is 0 Å². The van der Waals surface area contributed by atoms with Crippen LogP contribution < -0.4 is 0 Å². The molecule has 0 saturated carbocycles. The number of phenolic OH excluding ortho intramolecular Hbond substituents is 1. The van der Waals surface area contributed by atoms with Crippen LogP contribution in [-0.4, -0.2) is 16.3 Å². The predicted molar refractivity (Wildman–Crippen MR) is 175 cm³/mol. The number of rotatable bonds is 7. The average Bonchev–Trinajstić information content (AvgIpc) is 3.41. The van der Waals surface area contributed by atoms with Gasteiger partial charge < -0.3 is 5.11 Å². The van der Waals surface area contributed by atoms with Gasteiger partial charge in [0.15, 0.2) is 0 Å². The summed E-state index contributed by atoms with van der Waals surface area (Å²) >= 11 is 3.99. The Bertz CT molecular complexity index is 1830. The lowest BCUT2D eigenvalue weighted by atomic mass is 9.97. The van der Waals surface area contributed by atoms with Gasteiger partial charge in [-0.25, -0.2) is 4.98 Å². The van der Waals surface area contributed by atoms with Crippen molar-refractivity contribution in [3.63, 3.8) is 0 Å². The van der Waals surface area contributed by atoms with Crippen molar-refractivity contribution in [2.24, 2.45) is 4.99 Å². The van der Waals surface area contributed by atoms with Crippen LogP contribution in [0.2, 0.25) is 0 Å². The zero-order valence-electron chi connectivity index (χ0n) is 21.6. The van der Waals surface area contributed by atoms with Gasteiger partial charge in [-0.2, -0.15) is 0 Å². The number of para-hydroxylation sites is 2. The molecule has 0 aliphatic carbocycles. The van der Waals surface area contributed by atoms with Crippen molar-refractivity contribution >= 4 is 66.8 Å². The third-order valence-electron chi connectivity index (χ3n) is 6.96. The first kappa shape index (κ1) is 25.7. The second-order valence-corrected chi connectivity index (χ2v) is 11.9. The molecule has 0 spiro atoms. The molecular weight excluding hydrogens is 611 g/mol. The number of nitrogens with zero attached hydrogens (tertiary/aromatic N) is 2. The second-order valence-electron chi connectivity index (χ2n) is 9.58. The van der Waals surface area contributed by atoms with Crippen LogP contribution in [0, 0.1) is 3.57 Å². The minimum absolute atomic E-state index is 0.324. The summed E-state index contributed by atoms with van der Waals surface area (Å²) < 4.78 is 2.24. The van der Waals surface area contributed by atoms with E-state index in [9.17, 15) is 5.11 Å². The minimum Gasteiger partial charge on any atom is -0.507 e. The number of aliphatic imine (C=N–C) groups is 1. The molecule has 39 heavy (non-hydrogen) atoms. The summed E-state index contributed by atoms with van der Waals surface area (Å²) in [5.74, 6) is 0.324. The molecule has 6 rings (SSSR count). The van der Waals surface area contributed by atoms with E-state index in [0.717, 1.165) is 66.0 Å². The van der Waals surface area contributed by atoms with Crippen molar-refractivity contribution in [3.05, 3.63) is 112 Å². The third-order valence-corrected chi connectivity index (χ3v) is 8.64. The highest BCUT2D eigenvalue weighted by Crippen LogP contribution is 2.40. The highest BCUT2D eigenvalue weighted by Gasteiger charge is 2.15. The summed E-state index contributed by atoms with van der Waals surface area (Å²) in [5, 5.41) is 14.3. The van der Waals surface area contributed by atoms with E-state index in [1.54, 1.807) is 17.6 Å². The number of hydrogen-bond acceptors (Lipinski definition) is 4. The van der Waals surface area contributed by atoms with E-state index in [1.807, 2.05) is 24.3 Å². The first-order chi connectivity index (χ1) is 19.1. The van der Waals surface area contributed by atoms with Crippen LogP contribution in [0.5, 0.6) is 5.75 Å². The van der Waals surface area contributed by atoms with Crippen molar-refractivity contribution in [3.8, 4) is 27.4 Å². The molecule has 3 nitrogen and oxygen atoms in total. The second kappa shape index (κ2) is 11.3. The third kappa shape index (κ3) is 5.21. The highest BCUT2D eigenvalue weighted by atomic mass is 127. The highest BCUT2D eigenvalue weighted by molar-refractivity contribution is 14.1. The van der Waals surface area contributed by atoms with E-state index < -0.39 is 0 Å². The molecule has 0 radical (unpaired) electrons. The van der Waals surface area contributed by atoms with Gasteiger partial charge in [0.1, 0.15) is 10.8 Å². The summed E-state index contributed by atoms with van der Waals surface area (Å²) in [7, 11) is 0. The van der Waals surface area contributed by atoms with Gasteiger partial charge in [0, 0.05) is 26.5 Å². The van der Waals surface area contributed by atoms with Gasteiger partial charge in [-0.05, 0) is 87.7 Å². The normalized spacial score (nSPS) is 11.6. The standard InChI is InChI=1S/C34H27IN2OS/c1-2-3-10-23-19-25(35)20-24(33(23)38)21-36-30-17-7-6-14-29(30)34-37-32-28(16-9-18-31(32)39-34)27-15-8-12-22-11-4-5-13-26(22)27/h4-9,11-21,38H,2-3,10H2,1H3/b36-21+. The molecule has 0 aliphatic rings. The van der Waals surface area contributed by atoms with Crippen molar-refractivity contribution in [2.45, 2.75) is 26.2 Å². The molecule has 0 saturated heterocycles. The number of aryl methyl sites for hydroxylation is 1. The molecule has 1 aromatic heterocycles. The zero-order chi connectivity index (χ0) is 26.8. The summed E-state index contributed by atoms with van der Waals surface area (Å²) in [4.78, 5) is 10.0. The molecule has 0 bridgehead atoms. The molecular formula is C34H27IN2OS. The number of halogens is 1. The Labute approximate surface area is 246 Å². The fourth-order valence-electron chi connectivity index (χ4n) is 4.98. The Kier molecular flexibility index (Phi) is 7.44. The Morgan fingerprint density at radius 2 is 1.62 bits per heavy atom. The van der Waals surface area contributed by atoms with E-state index in [1.165, 1.54) is 16.3 Å². The van der Waals surface area contributed by atoms with E-state index in [0.29, 0.717) is 5.75 Å². The van der Waals surface area contributed by atoms with Crippen LogP contribution in [0.1, 0.15) is 30.9 Å². The van der Waals surface area contributed by atoms with Crippen LogP contribution in [0.25, 0.3) is 42.7 Å². The van der Waals surface area contributed by atoms with Crippen LogP contribution in [0.3, 0.4) is 0 Å². The number of thiazole rings is 1. The molecule has 1 N–H and O–H groups in total. The molecule has 192 valence electrons. The number of unbranched alkanes of at least 4 members (excludes halogenated alkanes) is 1. The van der Waals surface area contributed by atoms with Gasteiger partial charge in [0.2, 0.25) is 0 Å². The summed E-state index contributed by atoms with van der Waals surface area (Å²) in [5.41, 5.74) is 6.86. The predicted octanol–water partition coefficient (Wildman–Crippen LogP) is 10.2. The van der Waals surface area contributed by atoms with E-state index in [-0.39, 0.29) is 0 Å². The number of phenols is 1. The topological polar surface area (TPSA) is 45.5 Å². The molecule has 6 aromatic rings. The first-order valence-corrected chi connectivity index (χ1v) is 15.0. The fraction of sp³-hybridized carbons (Fsp3) is 0.118. The molecule has 0 atom stereocenters. The van der Waals surface area contributed by atoms with Crippen molar-refractivity contribution < 1.29 is 5.11 Å². The van der Waals surface area contributed by atoms with E-state index in [4.69, 9.17) is 9.98 Å². The molecule has 0 amide bonds. The van der Waals surface area contributed by atoms with Crippen LogP contribution in [-0.2, 0) is 6.42 Å². The minimum atomic E-state index is 0.324. The lowest BCUT2D eigenvalue weighted by molar-refractivity contribution is 0.466. The largest absolute Gasteiger partial charge is 0.507 e. The number of benzene rings is 5. The Balaban J connectivity index is 1.41. The lowest BCUT2D eigenvalue weighted by Crippen LogP contribution is -1.93. The van der Waals surface area contributed by atoms with Crippen LogP contribution >= 0.6 is 33.9 Å². The van der Waals surface area contributed by atoms with Crippen LogP contribution in [0.4, 0.5) is 5.69 Å². The number of aromatic nitrogens is 1. The molecule has 1 heterocycles. The number of fused-ring (bicyclic) bond motifs is 2. The van der Waals surface area contributed by atoms with E-state index in [2.05, 4.69) is 102 Å². The Hall–Kier alpha value is -3.55. The maximum Gasteiger partial charge on any atom is 0.127 e. The van der Waals surface area contributed by atoms with Gasteiger partial charge in [-0.1, -0.05) is 80.1 Å². The quantitative estimate of drug-likeness (QED) is 0.140. The molecule has 5 heteroatoms. The molecule has 0 fully saturated rings. The van der Waals surface area contributed by atoms with E-state index >= 15 is 0 Å². The summed E-state index contributed by atoms with van der Waals surface area (Å²) in [6.07, 6.45) is 4.78. The maximum atomic E-state index is 10.9. The SMILES string of the molecule is CCCCc1cc(I)cc(/C=N/c2ccccc2-c2nc3c(-c4cccc5ccccc45)cccc3s2)c1O. The number of aromatic hydroxyl groups is 1. The molecule has 0 unspecified atom stereocenters. The Morgan fingerprint density at radius 1 is 0.872 bits per heavy atom. The number of hydrogen-bond donors (Lipinski definition) is 1. The summed E-state index contributed by atoms with van der Waals surface area (Å²) in [6, 6.07) is 33.5. The van der Waals surface area contributed by atoms with Gasteiger partial charge in [0.05, 0.1) is 15.9 Å². The van der Waals surface area contributed by atoms with Gasteiger partial charge in [0.25, 0.3) is 0 Å². The zero-order valence-corrected chi connectivity index (χ0v) is 24.5. The first-order valence-electron chi connectivity index (χ1n) is 13.1. The molecule has 0 aliphatic heterocycles. The summed E-state index contributed by atoms with van der Waals surface area (Å²) in [6.45, 7) is 2.16. The maximum absolute atomic E-state index is 10.9. The lowest BCUT2D eigenvalue weighted by Gasteiger charge is -2.08. The van der Waals surface area contributed by atoms with Gasteiger partial charge in [-0.3, -0.25) is 4.99 Å². The fourth-order valence-corrected chi connectivity index (χ4v) is 6.72. The smallest absolute Gasteiger partial charge is 0.127 e. The van der Waals surface area contributed by atoms with Crippen molar-refractivity contribution in [2.75, 3.05) is 0 Å². The average molecular weight is 639 g/mol. The molecule has 5 aromatic carbocycles. The van der Waals surface area contributed by atoms with Crippen molar-refractivity contribution in [1.82, 2.24) is 4.98 Å². The van der Waals surface area contributed by atoms with Gasteiger partial charge in [-0.15, -0.1) is 11.3 Å². The monoisotopic (exact) mass is 638 g/mol.